The maximum atomic E-state index is 12.3. The van der Waals surface area contributed by atoms with E-state index in [9.17, 15) is 18.0 Å². The standard InChI is InChI=1S/C13H17F3N2O3/c1-9(8-19)18(2)12(20)17-7-10-5-3-4-6-11(10)21-13(14,15)16/h3-6,9,19H,7-8H2,1-2H3,(H,17,20). The van der Waals surface area contributed by atoms with Gasteiger partial charge in [0.05, 0.1) is 12.6 Å². The molecule has 1 rings (SSSR count). The molecule has 1 aromatic rings. The lowest BCUT2D eigenvalue weighted by Gasteiger charge is -2.23. The van der Waals surface area contributed by atoms with Gasteiger partial charge in [0.1, 0.15) is 5.75 Å². The maximum Gasteiger partial charge on any atom is 0.573 e. The van der Waals surface area contributed by atoms with E-state index in [1.165, 1.54) is 30.1 Å². The number of carbonyl (C=O) groups excluding carboxylic acids is 1. The van der Waals surface area contributed by atoms with Crippen LogP contribution in [0.3, 0.4) is 0 Å². The molecule has 0 aliphatic heterocycles. The van der Waals surface area contributed by atoms with Crippen molar-refractivity contribution < 1.29 is 27.8 Å². The van der Waals surface area contributed by atoms with Crippen molar-refractivity contribution in [3.63, 3.8) is 0 Å². The lowest BCUT2D eigenvalue weighted by molar-refractivity contribution is -0.274. The van der Waals surface area contributed by atoms with Gasteiger partial charge in [0.15, 0.2) is 0 Å². The summed E-state index contributed by atoms with van der Waals surface area (Å²) in [6.07, 6.45) is -4.79. The number of aliphatic hydroxyl groups is 1. The Labute approximate surface area is 120 Å². The summed E-state index contributed by atoms with van der Waals surface area (Å²) < 4.78 is 40.7. The number of carbonyl (C=O) groups is 1. The lowest BCUT2D eigenvalue weighted by atomic mass is 10.2. The van der Waals surface area contributed by atoms with Crippen molar-refractivity contribution in [3.8, 4) is 5.75 Å². The molecule has 1 aromatic carbocycles. The van der Waals surface area contributed by atoms with E-state index in [0.29, 0.717) is 0 Å². The van der Waals surface area contributed by atoms with Crippen LogP contribution in [-0.2, 0) is 6.54 Å². The zero-order valence-electron chi connectivity index (χ0n) is 11.6. The van der Waals surface area contributed by atoms with Crippen LogP contribution in [0.25, 0.3) is 0 Å². The maximum absolute atomic E-state index is 12.3. The number of hydrogen-bond acceptors (Lipinski definition) is 3. The van der Waals surface area contributed by atoms with Crippen LogP contribution in [0.1, 0.15) is 12.5 Å². The van der Waals surface area contributed by atoms with Crippen molar-refractivity contribution in [2.24, 2.45) is 0 Å². The van der Waals surface area contributed by atoms with Crippen LogP contribution in [0.5, 0.6) is 5.75 Å². The molecule has 0 fully saturated rings. The van der Waals surface area contributed by atoms with Gasteiger partial charge in [-0.25, -0.2) is 4.79 Å². The minimum atomic E-state index is -4.79. The SMILES string of the molecule is CC(CO)N(C)C(=O)NCc1ccccc1OC(F)(F)F. The van der Waals surface area contributed by atoms with E-state index >= 15 is 0 Å². The number of aliphatic hydroxyl groups excluding tert-OH is 1. The fourth-order valence-electron chi connectivity index (χ4n) is 1.49. The Morgan fingerprint density at radius 2 is 2.05 bits per heavy atom. The van der Waals surface area contributed by atoms with Gasteiger partial charge in [-0.2, -0.15) is 0 Å². The van der Waals surface area contributed by atoms with Crippen molar-refractivity contribution in [2.75, 3.05) is 13.7 Å². The first-order chi connectivity index (χ1) is 9.74. The summed E-state index contributed by atoms with van der Waals surface area (Å²) in [5.41, 5.74) is 0.202. The summed E-state index contributed by atoms with van der Waals surface area (Å²) in [4.78, 5) is 13.0. The molecule has 8 heteroatoms. The smallest absolute Gasteiger partial charge is 0.405 e. The van der Waals surface area contributed by atoms with Crippen molar-refractivity contribution in [3.05, 3.63) is 29.8 Å². The van der Waals surface area contributed by atoms with Crippen molar-refractivity contribution in [2.45, 2.75) is 25.9 Å². The second-order valence-electron chi connectivity index (χ2n) is 4.46. The van der Waals surface area contributed by atoms with Crippen LogP contribution < -0.4 is 10.1 Å². The largest absolute Gasteiger partial charge is 0.573 e. The number of nitrogens with one attached hydrogen (secondary N) is 1. The van der Waals surface area contributed by atoms with E-state index in [-0.39, 0.29) is 24.5 Å². The first-order valence-corrected chi connectivity index (χ1v) is 6.19. The average Bonchev–Trinajstić information content (AvgIpc) is 2.42. The molecule has 0 bridgehead atoms. The molecule has 0 aliphatic carbocycles. The van der Waals surface area contributed by atoms with Crippen molar-refractivity contribution >= 4 is 6.03 Å². The van der Waals surface area contributed by atoms with Crippen molar-refractivity contribution in [1.82, 2.24) is 10.2 Å². The molecule has 5 nitrogen and oxygen atoms in total. The van der Waals surface area contributed by atoms with Crippen LogP contribution in [0.15, 0.2) is 24.3 Å². The topological polar surface area (TPSA) is 61.8 Å². The number of benzene rings is 1. The quantitative estimate of drug-likeness (QED) is 0.876. The molecular formula is C13H17F3N2O3. The van der Waals surface area contributed by atoms with Gasteiger partial charge in [0.2, 0.25) is 0 Å². The number of nitrogens with zero attached hydrogens (tertiary/aromatic N) is 1. The molecule has 0 aliphatic rings. The first-order valence-electron chi connectivity index (χ1n) is 6.19. The first kappa shape index (κ1) is 17.1. The van der Waals surface area contributed by atoms with Crippen molar-refractivity contribution in [1.29, 1.82) is 0 Å². The van der Waals surface area contributed by atoms with Gasteiger partial charge in [-0.3, -0.25) is 0 Å². The summed E-state index contributed by atoms with van der Waals surface area (Å²) in [6.45, 7) is 1.31. The van der Waals surface area contributed by atoms with Crippen LogP contribution >= 0.6 is 0 Å². The van der Waals surface area contributed by atoms with Gasteiger partial charge in [-0.05, 0) is 13.0 Å². The normalized spacial score (nSPS) is 12.7. The fourth-order valence-corrected chi connectivity index (χ4v) is 1.49. The third-order valence-corrected chi connectivity index (χ3v) is 2.87. The number of ether oxygens (including phenoxy) is 1. The van der Waals surface area contributed by atoms with Gasteiger partial charge in [-0.1, -0.05) is 18.2 Å². The Morgan fingerprint density at radius 3 is 2.62 bits per heavy atom. The molecule has 1 atom stereocenters. The van der Waals surface area contributed by atoms with Gasteiger partial charge in [0, 0.05) is 19.2 Å². The zero-order valence-corrected chi connectivity index (χ0v) is 11.6. The highest BCUT2D eigenvalue weighted by Gasteiger charge is 2.32. The summed E-state index contributed by atoms with van der Waals surface area (Å²) in [7, 11) is 1.48. The molecule has 0 saturated heterocycles. The minimum Gasteiger partial charge on any atom is -0.405 e. The second-order valence-corrected chi connectivity index (χ2v) is 4.46. The molecule has 1 unspecified atom stereocenters. The number of alkyl halides is 3. The summed E-state index contributed by atoms with van der Waals surface area (Å²) in [6, 6.07) is 4.66. The number of halogens is 3. The Kier molecular flexibility index (Phi) is 5.83. The molecule has 0 heterocycles. The minimum absolute atomic E-state index is 0.117. The fraction of sp³-hybridized carbons (Fsp3) is 0.462. The predicted octanol–water partition coefficient (Wildman–Crippen LogP) is 2.11. The van der Waals surface area contributed by atoms with E-state index < -0.39 is 18.4 Å². The molecule has 118 valence electrons. The highest BCUT2D eigenvalue weighted by atomic mass is 19.4. The zero-order chi connectivity index (χ0) is 16.0. The van der Waals surface area contributed by atoms with E-state index in [2.05, 4.69) is 10.1 Å². The van der Waals surface area contributed by atoms with Crippen LogP contribution in [0, 0.1) is 0 Å². The van der Waals surface area contributed by atoms with Gasteiger partial charge >= 0.3 is 12.4 Å². The van der Waals surface area contributed by atoms with Crippen LogP contribution in [0.2, 0.25) is 0 Å². The second kappa shape index (κ2) is 7.16. The highest BCUT2D eigenvalue weighted by Crippen LogP contribution is 2.26. The van der Waals surface area contributed by atoms with Gasteiger partial charge < -0.3 is 20.1 Å². The number of hydrogen-bond donors (Lipinski definition) is 2. The summed E-state index contributed by atoms with van der Waals surface area (Å²) >= 11 is 0. The molecule has 0 saturated carbocycles. The van der Waals surface area contributed by atoms with Gasteiger partial charge in [-0.15, -0.1) is 13.2 Å². The molecule has 21 heavy (non-hydrogen) atoms. The molecule has 2 N–H and O–H groups in total. The molecule has 2 amide bonds. The van der Waals surface area contributed by atoms with Crippen LogP contribution in [0.4, 0.5) is 18.0 Å². The van der Waals surface area contributed by atoms with E-state index in [0.717, 1.165) is 0 Å². The number of rotatable bonds is 5. The van der Waals surface area contributed by atoms with Gasteiger partial charge in [0.25, 0.3) is 0 Å². The molecule has 0 spiro atoms. The highest BCUT2D eigenvalue weighted by molar-refractivity contribution is 5.74. The summed E-state index contributed by atoms with van der Waals surface area (Å²) in [5.74, 6) is -0.358. The Bertz CT molecular complexity index is 480. The molecule has 0 aromatic heterocycles. The predicted molar refractivity (Wildman–Crippen MR) is 69.7 cm³/mol. The van der Waals surface area contributed by atoms with Crippen LogP contribution in [-0.4, -0.2) is 42.1 Å². The molecule has 0 radical (unpaired) electrons. The number of amides is 2. The summed E-state index contributed by atoms with van der Waals surface area (Å²) in [5, 5.41) is 11.4. The number of likely N-dealkylation sites (N-methyl/N-ethyl adjacent to an activating group) is 1. The number of para-hydroxylation sites is 1. The number of urea groups is 1. The lowest BCUT2D eigenvalue weighted by Crippen LogP contribution is -2.43. The third-order valence-electron chi connectivity index (χ3n) is 2.87. The van der Waals surface area contributed by atoms with E-state index in [1.807, 2.05) is 0 Å². The Hall–Kier alpha value is -1.96. The average molecular weight is 306 g/mol. The Balaban J connectivity index is 2.69. The Morgan fingerprint density at radius 1 is 1.43 bits per heavy atom. The monoisotopic (exact) mass is 306 g/mol. The van der Waals surface area contributed by atoms with E-state index in [4.69, 9.17) is 5.11 Å². The molecular weight excluding hydrogens is 289 g/mol. The van der Waals surface area contributed by atoms with E-state index in [1.54, 1.807) is 13.0 Å². The third kappa shape index (κ3) is 5.50.